The molecule has 1 atom stereocenters. The fraction of sp³-hybridized carbons (Fsp3) is 0.167. The molecule has 3 aromatic rings. The Labute approximate surface area is 138 Å². The number of aromatic nitrogens is 2. The molecule has 3 rings (SSSR count). The van der Waals surface area contributed by atoms with Gasteiger partial charge in [0.15, 0.2) is 0 Å². The molecule has 2 aromatic carbocycles. The number of rotatable bonds is 6. The highest BCUT2D eigenvalue weighted by Crippen LogP contribution is 2.23. The van der Waals surface area contributed by atoms with Gasteiger partial charge in [-0.2, -0.15) is 0 Å². The molecule has 0 fully saturated rings. The van der Waals surface area contributed by atoms with Gasteiger partial charge in [-0.3, -0.25) is 4.21 Å². The van der Waals surface area contributed by atoms with E-state index in [4.69, 9.17) is 4.74 Å². The van der Waals surface area contributed by atoms with Crippen LogP contribution in [0.5, 0.6) is 5.75 Å². The molecule has 1 heterocycles. The first-order valence-corrected chi connectivity index (χ1v) is 8.65. The smallest absolute Gasteiger partial charge is 0.134 e. The number of benzene rings is 2. The van der Waals surface area contributed by atoms with Gasteiger partial charge in [-0.05, 0) is 17.7 Å². The van der Waals surface area contributed by atoms with Crippen molar-refractivity contribution in [3.63, 3.8) is 0 Å². The van der Waals surface area contributed by atoms with Crippen molar-refractivity contribution in [3.05, 3.63) is 78.4 Å². The first-order valence-electron chi connectivity index (χ1n) is 7.33. The third-order valence-electron chi connectivity index (χ3n) is 3.57. The van der Waals surface area contributed by atoms with Gasteiger partial charge < -0.3 is 9.30 Å². The van der Waals surface area contributed by atoms with E-state index in [1.54, 1.807) is 13.3 Å². The van der Waals surface area contributed by atoms with E-state index in [2.05, 4.69) is 17.1 Å². The lowest BCUT2D eigenvalue weighted by molar-refractivity contribution is 0.404. The van der Waals surface area contributed by atoms with Gasteiger partial charge in [0.05, 0.1) is 28.6 Å². The number of methoxy groups -OCH3 is 1. The van der Waals surface area contributed by atoms with Crippen LogP contribution in [0.3, 0.4) is 0 Å². The first kappa shape index (κ1) is 15.5. The van der Waals surface area contributed by atoms with Crippen LogP contribution in [0.2, 0.25) is 0 Å². The number of nitrogens with zero attached hydrogens (tertiary/aromatic N) is 2. The third kappa shape index (κ3) is 3.68. The zero-order valence-electron chi connectivity index (χ0n) is 12.9. The second kappa shape index (κ2) is 7.24. The van der Waals surface area contributed by atoms with Crippen LogP contribution >= 0.6 is 0 Å². The molecule has 0 aliphatic heterocycles. The highest BCUT2D eigenvalue weighted by atomic mass is 32.2. The molecular weight excluding hydrogens is 308 g/mol. The molecule has 0 amide bonds. The molecule has 1 aromatic heterocycles. The zero-order valence-corrected chi connectivity index (χ0v) is 13.7. The summed E-state index contributed by atoms with van der Waals surface area (Å²) >= 11 is 0. The third-order valence-corrected chi connectivity index (χ3v) is 4.92. The summed E-state index contributed by atoms with van der Waals surface area (Å²) < 4.78 is 20.0. The molecule has 0 saturated heterocycles. The Morgan fingerprint density at radius 1 is 1.09 bits per heavy atom. The van der Waals surface area contributed by atoms with Crippen LogP contribution < -0.4 is 4.74 Å². The van der Waals surface area contributed by atoms with E-state index in [-0.39, 0.29) is 0 Å². The maximum absolute atomic E-state index is 12.7. The Hall–Kier alpha value is -2.40. The van der Waals surface area contributed by atoms with Crippen LogP contribution in [-0.2, 0) is 23.1 Å². The Morgan fingerprint density at radius 3 is 2.61 bits per heavy atom. The monoisotopic (exact) mass is 326 g/mol. The van der Waals surface area contributed by atoms with Gasteiger partial charge in [-0.15, -0.1) is 0 Å². The molecular formula is C18H18N2O2S. The van der Waals surface area contributed by atoms with Gasteiger partial charge in [0.2, 0.25) is 0 Å². The number of imidazole rings is 1. The second-order valence-corrected chi connectivity index (χ2v) is 6.52. The summed E-state index contributed by atoms with van der Waals surface area (Å²) in [5, 5.41) is 0. The van der Waals surface area contributed by atoms with E-state index < -0.39 is 10.8 Å². The lowest BCUT2D eigenvalue weighted by atomic mass is 10.2. The Balaban J connectivity index is 1.79. The van der Waals surface area contributed by atoms with Crippen molar-refractivity contribution in [1.82, 2.24) is 9.55 Å². The summed E-state index contributed by atoms with van der Waals surface area (Å²) in [5.41, 5.74) is 1.19. The number of ether oxygens (including phenoxy) is 1. The highest BCUT2D eigenvalue weighted by Gasteiger charge is 2.14. The zero-order chi connectivity index (χ0) is 16.1. The van der Waals surface area contributed by atoms with E-state index in [1.807, 2.05) is 53.2 Å². The SMILES string of the molecule is COc1ccccc1[S@@](=O)Cc1nccn1Cc1ccccc1. The van der Waals surface area contributed by atoms with Gasteiger partial charge >= 0.3 is 0 Å². The van der Waals surface area contributed by atoms with Gasteiger partial charge in [-0.1, -0.05) is 42.5 Å². The number of hydrogen-bond donors (Lipinski definition) is 0. The van der Waals surface area contributed by atoms with Crippen molar-refractivity contribution in [3.8, 4) is 5.75 Å². The Bertz CT molecular complexity index is 800. The van der Waals surface area contributed by atoms with E-state index in [1.165, 1.54) is 5.56 Å². The van der Waals surface area contributed by atoms with Crippen molar-refractivity contribution >= 4 is 10.8 Å². The van der Waals surface area contributed by atoms with E-state index in [0.29, 0.717) is 16.4 Å². The molecule has 4 nitrogen and oxygen atoms in total. The summed E-state index contributed by atoms with van der Waals surface area (Å²) in [6.45, 7) is 0.722. The van der Waals surface area contributed by atoms with Crippen LogP contribution in [0, 0.1) is 0 Å². The Kier molecular flexibility index (Phi) is 4.88. The quantitative estimate of drug-likeness (QED) is 0.698. The fourth-order valence-electron chi connectivity index (χ4n) is 2.41. The average molecular weight is 326 g/mol. The molecule has 0 bridgehead atoms. The van der Waals surface area contributed by atoms with Crippen molar-refractivity contribution < 1.29 is 8.95 Å². The van der Waals surface area contributed by atoms with Crippen LogP contribution in [0.25, 0.3) is 0 Å². The van der Waals surface area contributed by atoms with Gasteiger partial charge in [0.25, 0.3) is 0 Å². The average Bonchev–Trinajstić information content (AvgIpc) is 3.02. The maximum Gasteiger partial charge on any atom is 0.134 e. The lowest BCUT2D eigenvalue weighted by Gasteiger charge is -2.10. The summed E-state index contributed by atoms with van der Waals surface area (Å²) in [4.78, 5) is 5.06. The van der Waals surface area contributed by atoms with E-state index in [0.717, 1.165) is 12.4 Å². The molecule has 0 unspecified atom stereocenters. The minimum atomic E-state index is -1.20. The molecule has 23 heavy (non-hydrogen) atoms. The van der Waals surface area contributed by atoms with Crippen LogP contribution in [0.1, 0.15) is 11.4 Å². The summed E-state index contributed by atoms with van der Waals surface area (Å²) in [5.74, 6) is 1.81. The molecule has 0 aliphatic carbocycles. The summed E-state index contributed by atoms with van der Waals surface area (Å²) in [6, 6.07) is 17.6. The van der Waals surface area contributed by atoms with Crippen molar-refractivity contribution in [2.75, 3.05) is 7.11 Å². The topological polar surface area (TPSA) is 44.1 Å². The van der Waals surface area contributed by atoms with E-state index in [9.17, 15) is 4.21 Å². The number of hydrogen-bond acceptors (Lipinski definition) is 3. The van der Waals surface area contributed by atoms with Crippen LogP contribution in [-0.4, -0.2) is 20.9 Å². The molecule has 0 saturated carbocycles. The largest absolute Gasteiger partial charge is 0.495 e. The van der Waals surface area contributed by atoms with Crippen molar-refractivity contribution in [2.24, 2.45) is 0 Å². The summed E-state index contributed by atoms with van der Waals surface area (Å²) in [6.07, 6.45) is 3.67. The molecule has 0 aliphatic rings. The maximum atomic E-state index is 12.7. The molecule has 118 valence electrons. The Morgan fingerprint density at radius 2 is 1.83 bits per heavy atom. The van der Waals surface area contributed by atoms with Gasteiger partial charge in [0.1, 0.15) is 11.6 Å². The first-order chi connectivity index (χ1) is 11.3. The van der Waals surface area contributed by atoms with Gasteiger partial charge in [-0.25, -0.2) is 4.98 Å². The molecule has 0 spiro atoms. The van der Waals surface area contributed by atoms with Crippen molar-refractivity contribution in [1.29, 1.82) is 0 Å². The lowest BCUT2D eigenvalue weighted by Crippen LogP contribution is -2.08. The normalized spacial score (nSPS) is 12.0. The highest BCUT2D eigenvalue weighted by molar-refractivity contribution is 7.84. The minimum Gasteiger partial charge on any atom is -0.495 e. The summed E-state index contributed by atoms with van der Waals surface area (Å²) in [7, 11) is 0.389. The molecule has 5 heteroatoms. The van der Waals surface area contributed by atoms with E-state index >= 15 is 0 Å². The predicted molar refractivity (Wildman–Crippen MR) is 90.9 cm³/mol. The fourth-order valence-corrected chi connectivity index (χ4v) is 3.64. The van der Waals surface area contributed by atoms with Crippen molar-refractivity contribution in [2.45, 2.75) is 17.2 Å². The molecule has 0 N–H and O–H groups in total. The predicted octanol–water partition coefficient (Wildman–Crippen LogP) is 3.25. The van der Waals surface area contributed by atoms with Gasteiger partial charge in [0, 0.05) is 18.9 Å². The molecule has 0 radical (unpaired) electrons. The second-order valence-electron chi connectivity index (χ2n) is 5.10. The van der Waals surface area contributed by atoms with Crippen LogP contribution in [0.15, 0.2) is 71.9 Å². The standard InChI is InChI=1S/C18H18N2O2S/c1-22-16-9-5-6-10-17(16)23(21)14-18-19-11-12-20(18)13-15-7-3-2-4-8-15/h2-12H,13-14H2,1H3/t23-/m0/s1. The van der Waals surface area contributed by atoms with Crippen LogP contribution in [0.4, 0.5) is 0 Å². The minimum absolute atomic E-state index is 0.361. The number of para-hydroxylation sites is 1.